The molecule has 0 bridgehead atoms. The molecule has 3 heterocycles. The summed E-state index contributed by atoms with van der Waals surface area (Å²) < 4.78 is 0. The molecular weight excluding hydrogens is 424 g/mol. The summed E-state index contributed by atoms with van der Waals surface area (Å²) in [6.45, 7) is 6.69. The first-order valence-electron chi connectivity index (χ1n) is 11.8. The summed E-state index contributed by atoms with van der Waals surface area (Å²) in [6, 6.07) is 12.3. The van der Waals surface area contributed by atoms with E-state index < -0.39 is 0 Å². The molecule has 1 aliphatic rings. The van der Waals surface area contributed by atoms with Crippen molar-refractivity contribution in [2.24, 2.45) is 11.6 Å². The van der Waals surface area contributed by atoms with E-state index in [0.29, 0.717) is 5.70 Å². The lowest BCUT2D eigenvalue weighted by atomic mass is 10.1. The van der Waals surface area contributed by atoms with E-state index in [1.807, 2.05) is 43.7 Å². The monoisotopic (exact) mass is 462 g/mol. The molecule has 0 amide bonds. The number of pyridine rings is 2. The fourth-order valence-electron chi connectivity index (χ4n) is 3.86. The molecule has 8 heteroatoms. The Morgan fingerprint density at radius 3 is 2.53 bits per heavy atom. The number of aryl methyl sites for hydroxylation is 1. The van der Waals surface area contributed by atoms with Gasteiger partial charge in [0.05, 0.1) is 5.70 Å². The van der Waals surface area contributed by atoms with Crippen LogP contribution in [0.1, 0.15) is 24.5 Å². The van der Waals surface area contributed by atoms with Gasteiger partial charge in [-0.15, -0.1) is 0 Å². The fraction of sp³-hybridized carbons (Fsp3) is 0.385. The lowest BCUT2D eigenvalue weighted by molar-refractivity contribution is 0.312. The highest BCUT2D eigenvalue weighted by atomic mass is 15.4. The van der Waals surface area contributed by atoms with E-state index in [-0.39, 0.29) is 0 Å². The van der Waals surface area contributed by atoms with Crippen LogP contribution in [0.4, 0.5) is 11.6 Å². The van der Waals surface area contributed by atoms with Gasteiger partial charge in [0.2, 0.25) is 0 Å². The van der Waals surface area contributed by atoms with Crippen molar-refractivity contribution in [3.63, 3.8) is 0 Å². The molecule has 0 radical (unpaired) electrons. The number of rotatable bonds is 6. The second kappa shape index (κ2) is 12.2. The topological polar surface area (TPSA) is 99.6 Å². The van der Waals surface area contributed by atoms with E-state index in [2.05, 4.69) is 51.2 Å². The Morgan fingerprint density at radius 2 is 1.85 bits per heavy atom. The summed E-state index contributed by atoms with van der Waals surface area (Å²) in [5.74, 6) is 7.53. The molecule has 2 aromatic heterocycles. The van der Waals surface area contributed by atoms with Crippen LogP contribution in [0.25, 0.3) is 16.5 Å². The van der Waals surface area contributed by atoms with Crippen molar-refractivity contribution in [2.45, 2.75) is 19.8 Å². The number of fused-ring (bicyclic) bond motifs is 1. The molecule has 182 valence electrons. The number of benzene rings is 1. The van der Waals surface area contributed by atoms with Gasteiger partial charge in [-0.25, -0.2) is 15.8 Å². The van der Waals surface area contributed by atoms with Gasteiger partial charge in [0.1, 0.15) is 11.6 Å². The minimum atomic E-state index is 0.629. The van der Waals surface area contributed by atoms with Crippen LogP contribution in [0.2, 0.25) is 0 Å². The lowest BCUT2D eigenvalue weighted by Crippen LogP contribution is -2.44. The largest absolute Gasteiger partial charge is 0.397 e. The van der Waals surface area contributed by atoms with Gasteiger partial charge in [-0.2, -0.15) is 0 Å². The number of piperazine rings is 1. The molecule has 0 unspecified atom stereocenters. The standard InChI is InChI=1S/C13H17N5.C13H21N3/c1-16-13-6-11-5-9(12(14)8-18(2)15)3-4-10(11)7-17-13;1-3-4-12-5-6-14-13(11-12)16-9-7-15(2)8-10-16/h3-8H,14-15H2,1-2H3,(H,16,17);5-6,11H,3-4,7-10H2,1-2H3/b12-8-;. The summed E-state index contributed by atoms with van der Waals surface area (Å²) in [5.41, 5.74) is 8.94. The minimum Gasteiger partial charge on any atom is -0.397 e. The molecule has 3 aromatic rings. The number of hydrogen-bond acceptors (Lipinski definition) is 8. The molecule has 8 nitrogen and oxygen atoms in total. The maximum atomic E-state index is 5.97. The van der Waals surface area contributed by atoms with E-state index in [9.17, 15) is 0 Å². The minimum absolute atomic E-state index is 0.629. The van der Waals surface area contributed by atoms with Gasteiger partial charge in [-0.3, -0.25) is 0 Å². The molecule has 0 saturated carbocycles. The molecule has 0 aliphatic carbocycles. The van der Waals surface area contributed by atoms with Crippen LogP contribution in [0.5, 0.6) is 0 Å². The van der Waals surface area contributed by atoms with Crippen LogP contribution >= 0.6 is 0 Å². The fourth-order valence-corrected chi connectivity index (χ4v) is 3.86. The lowest BCUT2D eigenvalue weighted by Gasteiger charge is -2.33. The van der Waals surface area contributed by atoms with Gasteiger partial charge in [-0.1, -0.05) is 25.5 Å². The number of anilines is 2. The third kappa shape index (κ3) is 7.07. The maximum absolute atomic E-state index is 5.97. The van der Waals surface area contributed by atoms with Crippen LogP contribution in [-0.4, -0.2) is 67.2 Å². The predicted octanol–water partition coefficient (Wildman–Crippen LogP) is 3.13. The molecular formula is C26H38N8. The zero-order chi connectivity index (χ0) is 24.5. The molecule has 1 saturated heterocycles. The first-order chi connectivity index (χ1) is 16.4. The Morgan fingerprint density at radius 1 is 1.09 bits per heavy atom. The average Bonchev–Trinajstić information content (AvgIpc) is 2.84. The highest BCUT2D eigenvalue weighted by molar-refractivity contribution is 5.87. The van der Waals surface area contributed by atoms with Crippen molar-refractivity contribution in [3.05, 3.63) is 66.1 Å². The molecule has 5 N–H and O–H groups in total. The summed E-state index contributed by atoms with van der Waals surface area (Å²) in [4.78, 5) is 13.5. The van der Waals surface area contributed by atoms with Crippen molar-refractivity contribution in [2.75, 3.05) is 57.5 Å². The maximum Gasteiger partial charge on any atom is 0.128 e. The Kier molecular flexibility index (Phi) is 9.07. The molecule has 1 fully saturated rings. The first kappa shape index (κ1) is 25.3. The van der Waals surface area contributed by atoms with E-state index in [1.54, 1.807) is 13.2 Å². The second-order valence-electron chi connectivity index (χ2n) is 8.69. The number of aromatic nitrogens is 2. The van der Waals surface area contributed by atoms with Crippen molar-refractivity contribution >= 4 is 28.1 Å². The van der Waals surface area contributed by atoms with Crippen molar-refractivity contribution in [1.29, 1.82) is 0 Å². The van der Waals surface area contributed by atoms with Crippen LogP contribution < -0.4 is 21.8 Å². The Bertz CT molecular complexity index is 1090. The van der Waals surface area contributed by atoms with Gasteiger partial charge in [0.25, 0.3) is 0 Å². The molecule has 34 heavy (non-hydrogen) atoms. The quantitative estimate of drug-likeness (QED) is 0.380. The number of hydrazine groups is 1. The summed E-state index contributed by atoms with van der Waals surface area (Å²) in [7, 11) is 5.75. The third-order valence-electron chi connectivity index (χ3n) is 5.83. The zero-order valence-electron chi connectivity index (χ0n) is 20.8. The Labute approximate surface area is 203 Å². The molecule has 0 atom stereocenters. The highest BCUT2D eigenvalue weighted by Gasteiger charge is 2.15. The van der Waals surface area contributed by atoms with Crippen LogP contribution in [0.15, 0.2) is 55.0 Å². The zero-order valence-corrected chi connectivity index (χ0v) is 20.8. The SMILES string of the molecule is CCCc1ccnc(N2CCN(C)CC2)c1.CNc1cc2cc(/C(N)=C/N(C)N)ccc2cn1. The van der Waals surface area contributed by atoms with Crippen molar-refractivity contribution in [1.82, 2.24) is 19.9 Å². The number of nitrogens with zero attached hydrogens (tertiary/aromatic N) is 5. The normalized spacial score (nSPS) is 14.5. The van der Waals surface area contributed by atoms with E-state index in [0.717, 1.165) is 60.6 Å². The Hall–Kier alpha value is -3.36. The summed E-state index contributed by atoms with van der Waals surface area (Å²) in [5, 5.41) is 6.61. The van der Waals surface area contributed by atoms with Crippen LogP contribution in [-0.2, 0) is 6.42 Å². The van der Waals surface area contributed by atoms with Crippen LogP contribution in [0, 0.1) is 0 Å². The number of nitrogens with two attached hydrogens (primary N) is 2. The molecule has 1 aromatic carbocycles. The first-order valence-corrected chi connectivity index (χ1v) is 11.8. The second-order valence-corrected chi connectivity index (χ2v) is 8.69. The van der Waals surface area contributed by atoms with Gasteiger partial charge in [0.15, 0.2) is 0 Å². The smallest absolute Gasteiger partial charge is 0.128 e. The van der Waals surface area contributed by atoms with Gasteiger partial charge in [-0.05, 0) is 54.2 Å². The van der Waals surface area contributed by atoms with Crippen molar-refractivity contribution < 1.29 is 0 Å². The van der Waals surface area contributed by atoms with E-state index >= 15 is 0 Å². The third-order valence-corrected chi connectivity index (χ3v) is 5.83. The number of likely N-dealkylation sites (N-methyl/N-ethyl adjacent to an activating group) is 1. The highest BCUT2D eigenvalue weighted by Crippen LogP contribution is 2.21. The van der Waals surface area contributed by atoms with E-state index in [4.69, 9.17) is 11.6 Å². The van der Waals surface area contributed by atoms with E-state index in [1.165, 1.54) is 17.0 Å². The predicted molar refractivity (Wildman–Crippen MR) is 143 cm³/mol. The molecule has 1 aliphatic heterocycles. The van der Waals surface area contributed by atoms with Gasteiger partial charge < -0.3 is 25.9 Å². The van der Waals surface area contributed by atoms with Crippen LogP contribution in [0.3, 0.4) is 0 Å². The molecule has 0 spiro atoms. The van der Waals surface area contributed by atoms with Crippen molar-refractivity contribution in [3.8, 4) is 0 Å². The number of hydrogen-bond donors (Lipinski definition) is 3. The summed E-state index contributed by atoms with van der Waals surface area (Å²) in [6.07, 6.45) is 7.81. The number of nitrogens with one attached hydrogen (secondary N) is 1. The average molecular weight is 463 g/mol. The Balaban J connectivity index is 0.000000192. The summed E-state index contributed by atoms with van der Waals surface area (Å²) >= 11 is 0. The van der Waals surface area contributed by atoms with Gasteiger partial charge >= 0.3 is 0 Å². The molecule has 4 rings (SSSR count). The van der Waals surface area contributed by atoms with Gasteiger partial charge in [0, 0.05) is 64.3 Å².